The lowest BCUT2D eigenvalue weighted by molar-refractivity contribution is 0.892. The highest BCUT2D eigenvalue weighted by molar-refractivity contribution is 6.30. The van der Waals surface area contributed by atoms with Crippen LogP contribution in [0.5, 0.6) is 0 Å². The van der Waals surface area contributed by atoms with Gasteiger partial charge in [0, 0.05) is 10.9 Å². The zero-order chi connectivity index (χ0) is 9.23. The first-order chi connectivity index (χ1) is 5.81. The van der Waals surface area contributed by atoms with Gasteiger partial charge in [0.05, 0.1) is 0 Å². The van der Waals surface area contributed by atoms with Crippen molar-refractivity contribution in [2.24, 2.45) is 0 Å². The van der Waals surface area contributed by atoms with Crippen LogP contribution in [-0.4, -0.2) is 5.88 Å². The van der Waals surface area contributed by atoms with Crippen LogP contribution in [-0.2, 0) is 0 Å². The highest BCUT2D eigenvalue weighted by Gasteiger charge is 1.75. The van der Waals surface area contributed by atoms with Gasteiger partial charge in [-0.15, -0.1) is 11.6 Å². The molecule has 68 valence electrons. The largest absolute Gasteiger partial charge is 0.127 e. The van der Waals surface area contributed by atoms with E-state index < -0.39 is 0 Å². The average molecular weight is 205 g/mol. The molecular weight excluding hydrogens is 191 g/mol. The Balaban J connectivity index is 0.000000217. The Morgan fingerprint density at radius 1 is 1.17 bits per heavy atom. The molecular formula is C10H14Cl2. The lowest BCUT2D eigenvalue weighted by Gasteiger charge is -1.80. The molecule has 0 radical (unpaired) electrons. The van der Waals surface area contributed by atoms with Crippen molar-refractivity contribution >= 4 is 23.2 Å². The molecule has 0 heterocycles. The molecule has 1 aromatic carbocycles. The van der Waals surface area contributed by atoms with Gasteiger partial charge in [0.1, 0.15) is 0 Å². The predicted molar refractivity (Wildman–Crippen MR) is 57.1 cm³/mol. The van der Waals surface area contributed by atoms with Crippen LogP contribution in [0, 0.1) is 0 Å². The quantitative estimate of drug-likeness (QED) is 0.629. The third kappa shape index (κ3) is 7.90. The molecule has 0 aliphatic rings. The maximum absolute atomic E-state index is 5.54. The van der Waals surface area contributed by atoms with Crippen molar-refractivity contribution in [1.82, 2.24) is 0 Å². The van der Waals surface area contributed by atoms with Crippen molar-refractivity contribution in [2.45, 2.75) is 19.8 Å². The van der Waals surface area contributed by atoms with Crippen LogP contribution in [0.25, 0.3) is 0 Å². The van der Waals surface area contributed by atoms with Gasteiger partial charge >= 0.3 is 0 Å². The van der Waals surface area contributed by atoms with Crippen molar-refractivity contribution in [1.29, 1.82) is 0 Å². The first-order valence-electron chi connectivity index (χ1n) is 4.07. The SMILES string of the molecule is CCCCCl.Clc1ccccc1. The van der Waals surface area contributed by atoms with E-state index >= 15 is 0 Å². The third-order valence-corrected chi connectivity index (χ3v) is 1.74. The van der Waals surface area contributed by atoms with Gasteiger partial charge in [-0.3, -0.25) is 0 Å². The molecule has 0 N–H and O–H groups in total. The molecule has 0 amide bonds. The summed E-state index contributed by atoms with van der Waals surface area (Å²) < 4.78 is 0. The maximum Gasteiger partial charge on any atom is 0.0405 e. The van der Waals surface area contributed by atoms with Crippen LogP contribution < -0.4 is 0 Å². The van der Waals surface area contributed by atoms with Gasteiger partial charge in [0.2, 0.25) is 0 Å². The van der Waals surface area contributed by atoms with Gasteiger partial charge in [0.15, 0.2) is 0 Å². The number of rotatable bonds is 2. The van der Waals surface area contributed by atoms with Crippen LogP contribution >= 0.6 is 23.2 Å². The summed E-state index contributed by atoms with van der Waals surface area (Å²) in [5.74, 6) is 0.816. The highest BCUT2D eigenvalue weighted by Crippen LogP contribution is 2.03. The monoisotopic (exact) mass is 204 g/mol. The van der Waals surface area contributed by atoms with E-state index in [0.29, 0.717) is 0 Å². The van der Waals surface area contributed by atoms with E-state index in [4.69, 9.17) is 23.2 Å². The van der Waals surface area contributed by atoms with E-state index in [0.717, 1.165) is 17.3 Å². The van der Waals surface area contributed by atoms with Crippen molar-refractivity contribution in [3.8, 4) is 0 Å². The molecule has 0 nitrogen and oxygen atoms in total. The Labute approximate surface area is 84.5 Å². The Kier molecular flexibility index (Phi) is 8.74. The minimum absolute atomic E-state index is 0.794. The predicted octanol–water partition coefficient (Wildman–Crippen LogP) is 4.37. The molecule has 0 fully saturated rings. The van der Waals surface area contributed by atoms with Crippen LogP contribution in [0.3, 0.4) is 0 Å². The summed E-state index contributed by atoms with van der Waals surface area (Å²) in [5.41, 5.74) is 0. The number of alkyl halides is 1. The van der Waals surface area contributed by atoms with Crippen molar-refractivity contribution < 1.29 is 0 Å². The van der Waals surface area contributed by atoms with Crippen molar-refractivity contribution in [3.05, 3.63) is 35.4 Å². The number of hydrogen-bond donors (Lipinski definition) is 0. The smallest absolute Gasteiger partial charge is 0.0405 e. The standard InChI is InChI=1S/C6H5Cl.C4H9Cl/c7-6-4-2-1-3-5-6;1-2-3-4-5/h1-5H;2-4H2,1H3. The number of halogens is 2. The zero-order valence-electron chi connectivity index (χ0n) is 7.26. The average Bonchev–Trinajstić information content (AvgIpc) is 2.08. The van der Waals surface area contributed by atoms with Crippen LogP contribution in [0.4, 0.5) is 0 Å². The van der Waals surface area contributed by atoms with E-state index in [1.807, 2.05) is 30.3 Å². The fourth-order valence-corrected chi connectivity index (χ4v) is 0.961. The Morgan fingerprint density at radius 3 is 1.92 bits per heavy atom. The van der Waals surface area contributed by atoms with E-state index in [1.54, 1.807) is 0 Å². The second kappa shape index (κ2) is 8.89. The van der Waals surface area contributed by atoms with E-state index in [-0.39, 0.29) is 0 Å². The van der Waals surface area contributed by atoms with Gasteiger partial charge < -0.3 is 0 Å². The topological polar surface area (TPSA) is 0 Å². The summed E-state index contributed by atoms with van der Waals surface area (Å²) in [6.07, 6.45) is 2.37. The maximum atomic E-state index is 5.54. The molecule has 0 atom stereocenters. The van der Waals surface area contributed by atoms with E-state index in [2.05, 4.69) is 6.92 Å². The summed E-state index contributed by atoms with van der Waals surface area (Å²) in [4.78, 5) is 0. The molecule has 1 aromatic rings. The summed E-state index contributed by atoms with van der Waals surface area (Å²) in [5, 5.41) is 0.794. The molecule has 0 aliphatic heterocycles. The summed E-state index contributed by atoms with van der Waals surface area (Å²) in [6.45, 7) is 2.13. The molecule has 12 heavy (non-hydrogen) atoms. The molecule has 0 saturated heterocycles. The summed E-state index contributed by atoms with van der Waals surface area (Å²) in [6, 6.07) is 9.44. The van der Waals surface area contributed by atoms with Gasteiger partial charge in [0.25, 0.3) is 0 Å². The number of hydrogen-bond acceptors (Lipinski definition) is 0. The minimum atomic E-state index is 0.794. The second-order valence-electron chi connectivity index (χ2n) is 2.34. The molecule has 2 heteroatoms. The first-order valence-corrected chi connectivity index (χ1v) is 4.99. The van der Waals surface area contributed by atoms with E-state index in [9.17, 15) is 0 Å². The van der Waals surface area contributed by atoms with Crippen molar-refractivity contribution in [3.63, 3.8) is 0 Å². The molecule has 0 saturated carbocycles. The van der Waals surface area contributed by atoms with Crippen LogP contribution in [0.2, 0.25) is 5.02 Å². The Morgan fingerprint density at radius 2 is 1.75 bits per heavy atom. The lowest BCUT2D eigenvalue weighted by atomic mass is 10.4. The highest BCUT2D eigenvalue weighted by atomic mass is 35.5. The van der Waals surface area contributed by atoms with Crippen LogP contribution in [0.15, 0.2) is 30.3 Å². The van der Waals surface area contributed by atoms with Gasteiger partial charge in [-0.25, -0.2) is 0 Å². The van der Waals surface area contributed by atoms with Crippen molar-refractivity contribution in [2.75, 3.05) is 5.88 Å². The Bertz CT molecular complexity index is 170. The fraction of sp³-hybridized carbons (Fsp3) is 0.400. The van der Waals surface area contributed by atoms with Gasteiger partial charge in [-0.05, 0) is 18.6 Å². The number of unbranched alkanes of at least 4 members (excludes halogenated alkanes) is 1. The number of benzene rings is 1. The van der Waals surface area contributed by atoms with Gasteiger partial charge in [-0.2, -0.15) is 0 Å². The molecule has 0 spiro atoms. The minimum Gasteiger partial charge on any atom is -0.127 e. The fourth-order valence-electron chi connectivity index (χ4n) is 0.548. The molecule has 0 unspecified atom stereocenters. The molecule has 0 aromatic heterocycles. The van der Waals surface area contributed by atoms with E-state index in [1.165, 1.54) is 6.42 Å². The zero-order valence-corrected chi connectivity index (χ0v) is 8.78. The summed E-state index contributed by atoms with van der Waals surface area (Å²) >= 11 is 10.8. The lowest BCUT2D eigenvalue weighted by Crippen LogP contribution is -1.65. The normalized spacial score (nSPS) is 8.58. The first kappa shape index (κ1) is 11.8. The molecule has 0 bridgehead atoms. The third-order valence-electron chi connectivity index (χ3n) is 1.22. The molecule has 1 rings (SSSR count). The summed E-state index contributed by atoms with van der Waals surface area (Å²) in [7, 11) is 0. The second-order valence-corrected chi connectivity index (χ2v) is 3.15. The van der Waals surface area contributed by atoms with Crippen LogP contribution in [0.1, 0.15) is 19.8 Å². The molecule has 0 aliphatic carbocycles. The van der Waals surface area contributed by atoms with Gasteiger partial charge in [-0.1, -0.05) is 43.1 Å². The Hall–Kier alpha value is -0.200.